The summed E-state index contributed by atoms with van der Waals surface area (Å²) >= 11 is 0. The second kappa shape index (κ2) is 3.25. The molecule has 0 saturated carbocycles. The first kappa shape index (κ1) is 9.72. The van der Waals surface area contributed by atoms with Crippen molar-refractivity contribution >= 4 is 21.5 Å². The van der Waals surface area contributed by atoms with Crippen molar-refractivity contribution in [2.45, 2.75) is 0 Å². The summed E-state index contributed by atoms with van der Waals surface area (Å²) in [6.45, 7) is 0. The Labute approximate surface area is 94.8 Å². The second-order valence-corrected chi connectivity index (χ2v) is 3.82. The first-order chi connectivity index (χ1) is 8.24. The lowest BCUT2D eigenvalue weighted by Crippen LogP contribution is -2.31. The molecule has 4 nitrogen and oxygen atoms in total. The van der Waals surface area contributed by atoms with Gasteiger partial charge in [-0.1, -0.05) is 35.5 Å². The first-order valence-corrected chi connectivity index (χ1v) is 5.07. The summed E-state index contributed by atoms with van der Waals surface area (Å²) in [6.07, 6.45) is 0. The van der Waals surface area contributed by atoms with Crippen LogP contribution in [0.1, 0.15) is 0 Å². The zero-order chi connectivity index (χ0) is 12.0. The van der Waals surface area contributed by atoms with Crippen molar-refractivity contribution in [3.63, 3.8) is 0 Å². The molecule has 0 unspecified atom stereocenters. The Hall–Kier alpha value is -2.49. The highest BCUT2D eigenvalue weighted by molar-refractivity contribution is 6.07. The monoisotopic (exact) mass is 225 g/mol. The zero-order valence-corrected chi connectivity index (χ0v) is 8.68. The lowest BCUT2D eigenvalue weighted by molar-refractivity contribution is 0.301. The maximum atomic E-state index is 11.9. The minimum Gasteiger partial charge on any atom is -0.410 e. The summed E-state index contributed by atoms with van der Waals surface area (Å²) in [5.41, 5.74) is -1.03. The van der Waals surface area contributed by atoms with Gasteiger partial charge >= 0.3 is 0 Å². The van der Waals surface area contributed by atoms with Crippen molar-refractivity contribution in [1.29, 1.82) is 0 Å². The van der Waals surface area contributed by atoms with E-state index in [-0.39, 0.29) is 0 Å². The molecule has 0 heterocycles. The lowest BCUT2D eigenvalue weighted by Gasteiger charge is -1.96. The molecule has 0 atom stereocenters. The van der Waals surface area contributed by atoms with Crippen LogP contribution in [0.25, 0.3) is 21.5 Å². The van der Waals surface area contributed by atoms with Crippen LogP contribution in [0.15, 0.2) is 51.1 Å². The maximum absolute atomic E-state index is 11.9. The summed E-state index contributed by atoms with van der Waals surface area (Å²) in [4.78, 5) is 23.7. The van der Waals surface area contributed by atoms with Crippen LogP contribution in [-0.4, -0.2) is 5.21 Å². The molecule has 17 heavy (non-hydrogen) atoms. The number of fused-ring (bicyclic) bond motifs is 3. The molecule has 0 bridgehead atoms. The molecule has 0 aliphatic carbocycles. The second-order valence-electron chi connectivity index (χ2n) is 3.82. The van der Waals surface area contributed by atoms with E-state index in [2.05, 4.69) is 5.16 Å². The highest BCUT2D eigenvalue weighted by atomic mass is 16.4. The predicted octanol–water partition coefficient (Wildman–Crippen LogP) is 0.879. The third-order valence-electron chi connectivity index (χ3n) is 2.93. The van der Waals surface area contributed by atoms with Crippen LogP contribution in [0.5, 0.6) is 0 Å². The molecule has 4 heteroatoms. The van der Waals surface area contributed by atoms with E-state index in [1.807, 2.05) is 12.1 Å². The van der Waals surface area contributed by atoms with Crippen molar-refractivity contribution in [2.75, 3.05) is 0 Å². The highest BCUT2D eigenvalue weighted by Gasteiger charge is 2.13. The summed E-state index contributed by atoms with van der Waals surface area (Å²) < 4.78 is 0. The van der Waals surface area contributed by atoms with Crippen LogP contribution in [0.3, 0.4) is 0 Å². The standard InChI is InChI=1S/C13H7NO3/c15-12-9-6-5-7-3-1-2-4-8(7)10(9)13(16)11(12)14-17/h1-6,17H. The summed E-state index contributed by atoms with van der Waals surface area (Å²) in [5, 5.41) is 13.3. The Morgan fingerprint density at radius 1 is 0.882 bits per heavy atom. The minimum absolute atomic E-state index is 0.307. The van der Waals surface area contributed by atoms with Gasteiger partial charge in [-0.3, -0.25) is 9.59 Å². The van der Waals surface area contributed by atoms with E-state index in [0.717, 1.165) is 5.39 Å². The van der Waals surface area contributed by atoms with Crippen LogP contribution in [-0.2, 0) is 0 Å². The predicted molar refractivity (Wildman–Crippen MR) is 63.7 cm³/mol. The number of benzene rings is 2. The molecule has 0 aromatic heterocycles. The molecule has 82 valence electrons. The van der Waals surface area contributed by atoms with Gasteiger partial charge in [-0.15, -0.1) is 0 Å². The molecule has 1 N–H and O–H groups in total. The molecule has 0 aliphatic heterocycles. The zero-order valence-electron chi connectivity index (χ0n) is 8.68. The van der Waals surface area contributed by atoms with Crippen LogP contribution in [0.4, 0.5) is 0 Å². The molecule has 0 radical (unpaired) electrons. The van der Waals surface area contributed by atoms with Gasteiger partial charge in [0.2, 0.25) is 10.9 Å². The molecular formula is C13H7NO3. The molecule has 3 aromatic carbocycles. The van der Waals surface area contributed by atoms with Gasteiger partial charge in [-0.25, -0.2) is 0 Å². The summed E-state index contributed by atoms with van der Waals surface area (Å²) in [5.74, 6) is 0. The van der Waals surface area contributed by atoms with Gasteiger partial charge in [0, 0.05) is 10.8 Å². The van der Waals surface area contributed by atoms with Crippen LogP contribution < -0.4 is 16.2 Å². The van der Waals surface area contributed by atoms with Gasteiger partial charge in [0.15, 0.2) is 5.36 Å². The Bertz CT molecular complexity index is 887. The molecule has 0 fully saturated rings. The van der Waals surface area contributed by atoms with Crippen LogP contribution in [0, 0.1) is 0 Å². The third-order valence-corrected chi connectivity index (χ3v) is 2.93. The Balaban J connectivity index is 2.80. The van der Waals surface area contributed by atoms with E-state index in [9.17, 15) is 9.59 Å². The Kier molecular flexibility index (Phi) is 1.86. The summed E-state index contributed by atoms with van der Waals surface area (Å²) in [6, 6.07) is 10.7. The maximum Gasteiger partial charge on any atom is 0.220 e. The van der Waals surface area contributed by atoms with E-state index in [1.54, 1.807) is 24.3 Å². The normalized spacial score (nSPS) is 12.6. The highest BCUT2D eigenvalue weighted by Crippen LogP contribution is 2.19. The Morgan fingerprint density at radius 2 is 1.65 bits per heavy atom. The quantitative estimate of drug-likeness (QED) is 0.456. The number of hydrogen-bond donors (Lipinski definition) is 1. The van der Waals surface area contributed by atoms with E-state index in [0.29, 0.717) is 16.2 Å². The first-order valence-electron chi connectivity index (χ1n) is 5.07. The molecule has 0 spiro atoms. The van der Waals surface area contributed by atoms with Gasteiger partial charge in [0.05, 0.1) is 0 Å². The van der Waals surface area contributed by atoms with Crippen LogP contribution >= 0.6 is 0 Å². The van der Waals surface area contributed by atoms with Gasteiger partial charge in [-0.05, 0) is 16.8 Å². The molecular weight excluding hydrogens is 218 g/mol. The fourth-order valence-corrected chi connectivity index (χ4v) is 2.15. The van der Waals surface area contributed by atoms with Crippen molar-refractivity contribution in [2.24, 2.45) is 5.16 Å². The molecule has 0 saturated heterocycles. The van der Waals surface area contributed by atoms with E-state index < -0.39 is 16.2 Å². The smallest absolute Gasteiger partial charge is 0.220 e. The van der Waals surface area contributed by atoms with E-state index in [4.69, 9.17) is 5.21 Å². The minimum atomic E-state index is -0.516. The van der Waals surface area contributed by atoms with Gasteiger partial charge in [0.25, 0.3) is 0 Å². The van der Waals surface area contributed by atoms with Crippen molar-refractivity contribution < 1.29 is 5.21 Å². The fourth-order valence-electron chi connectivity index (χ4n) is 2.15. The topological polar surface area (TPSA) is 66.7 Å². The molecule has 0 aliphatic rings. The van der Waals surface area contributed by atoms with Crippen molar-refractivity contribution in [1.82, 2.24) is 0 Å². The van der Waals surface area contributed by atoms with Gasteiger partial charge in [0.1, 0.15) is 0 Å². The van der Waals surface area contributed by atoms with E-state index in [1.165, 1.54) is 0 Å². The Morgan fingerprint density at radius 3 is 2.41 bits per heavy atom. The van der Waals surface area contributed by atoms with E-state index >= 15 is 0 Å². The lowest BCUT2D eigenvalue weighted by atomic mass is 10.1. The molecule has 3 rings (SSSR count). The SMILES string of the molecule is O=c1c(=NO)c(=O)c2c1ccc1ccccc12. The summed E-state index contributed by atoms with van der Waals surface area (Å²) in [7, 11) is 0. The third kappa shape index (κ3) is 1.15. The average molecular weight is 225 g/mol. The van der Waals surface area contributed by atoms with Crippen molar-refractivity contribution in [3.8, 4) is 0 Å². The number of hydrogen-bond acceptors (Lipinski definition) is 4. The average Bonchev–Trinajstić information content (AvgIpc) is 2.61. The molecule has 3 aromatic rings. The fraction of sp³-hybridized carbons (Fsp3) is 0. The van der Waals surface area contributed by atoms with Gasteiger partial charge in [-0.2, -0.15) is 0 Å². The largest absolute Gasteiger partial charge is 0.410 e. The molecule has 0 amide bonds. The van der Waals surface area contributed by atoms with Crippen molar-refractivity contribution in [3.05, 3.63) is 62.2 Å². The number of rotatable bonds is 0. The van der Waals surface area contributed by atoms with Gasteiger partial charge < -0.3 is 5.21 Å². The van der Waals surface area contributed by atoms with Crippen LogP contribution in [0.2, 0.25) is 0 Å². The number of nitrogens with zero attached hydrogens (tertiary/aromatic N) is 1.